The average molecular weight is 576 g/mol. The molecule has 0 aliphatic carbocycles. The minimum Gasteiger partial charge on any atom is -0.502 e. The molecule has 0 amide bonds. The molecule has 0 spiro atoms. The van der Waals surface area contributed by atoms with Gasteiger partial charge in [-0.25, -0.2) is 9.79 Å². The molecule has 1 aromatic heterocycles. The Balaban J connectivity index is 1.84. The van der Waals surface area contributed by atoms with E-state index in [1.165, 1.54) is 36.0 Å². The summed E-state index contributed by atoms with van der Waals surface area (Å²) in [5, 5.41) is 22.7. The molecule has 41 heavy (non-hydrogen) atoms. The van der Waals surface area contributed by atoms with E-state index in [0.29, 0.717) is 38.5 Å². The van der Waals surface area contributed by atoms with Gasteiger partial charge >= 0.3 is 11.7 Å². The number of ether oxygens (including phenoxy) is 3. The summed E-state index contributed by atoms with van der Waals surface area (Å²) < 4.78 is 18.3. The number of nitrogens with zero attached hydrogens (tertiary/aromatic N) is 3. The van der Waals surface area contributed by atoms with Gasteiger partial charge in [0, 0.05) is 11.6 Å². The Hall–Kier alpha value is -4.97. The number of fused-ring (bicyclic) bond motifs is 2. The molecular formula is C29H25N3O8S. The number of allylic oxidation sites excluding steroid dienone is 1. The van der Waals surface area contributed by atoms with E-state index in [4.69, 9.17) is 14.2 Å². The van der Waals surface area contributed by atoms with Crippen LogP contribution in [0.4, 0.5) is 5.69 Å². The SMILES string of the molecule is CCOC(=O)C1=C(C)N=c2s/c(=C\c3ccc(O)c([N+](=O)[O-])c3)c(=O)n2C1c1c(OC)ccc2ccc(OC)cc12. The van der Waals surface area contributed by atoms with Crippen molar-refractivity contribution in [2.24, 2.45) is 4.99 Å². The molecule has 11 nitrogen and oxygen atoms in total. The largest absolute Gasteiger partial charge is 0.502 e. The van der Waals surface area contributed by atoms with Crippen LogP contribution in [0.5, 0.6) is 17.2 Å². The number of rotatable bonds is 7. The Morgan fingerprint density at radius 3 is 2.61 bits per heavy atom. The number of carbonyl (C=O) groups is 1. The van der Waals surface area contributed by atoms with Gasteiger partial charge in [0.2, 0.25) is 0 Å². The number of methoxy groups -OCH3 is 2. The zero-order chi connectivity index (χ0) is 29.4. The number of aromatic nitrogens is 1. The summed E-state index contributed by atoms with van der Waals surface area (Å²) in [4.78, 5) is 43.0. The van der Waals surface area contributed by atoms with Gasteiger partial charge in [0.25, 0.3) is 5.56 Å². The molecule has 1 aliphatic heterocycles. The highest BCUT2D eigenvalue weighted by Gasteiger charge is 2.36. The number of hydrogen-bond donors (Lipinski definition) is 1. The fraction of sp³-hybridized carbons (Fsp3) is 0.207. The second kappa shape index (κ2) is 10.9. The molecule has 1 aliphatic rings. The maximum Gasteiger partial charge on any atom is 0.338 e. The van der Waals surface area contributed by atoms with Crippen LogP contribution in [0.1, 0.15) is 31.0 Å². The van der Waals surface area contributed by atoms with Crippen molar-refractivity contribution in [1.82, 2.24) is 4.57 Å². The van der Waals surface area contributed by atoms with Crippen LogP contribution in [0.2, 0.25) is 0 Å². The molecule has 2 heterocycles. The summed E-state index contributed by atoms with van der Waals surface area (Å²) >= 11 is 1.08. The Kier molecular flexibility index (Phi) is 7.33. The third-order valence-electron chi connectivity index (χ3n) is 6.73. The van der Waals surface area contributed by atoms with Crippen LogP contribution >= 0.6 is 11.3 Å². The monoisotopic (exact) mass is 575 g/mol. The summed E-state index contributed by atoms with van der Waals surface area (Å²) in [6.07, 6.45) is 1.49. The number of nitro benzene ring substituents is 1. The molecule has 0 saturated carbocycles. The van der Waals surface area contributed by atoms with E-state index in [2.05, 4.69) is 4.99 Å². The molecule has 5 rings (SSSR count). The number of aromatic hydroxyl groups is 1. The zero-order valence-electron chi connectivity index (χ0n) is 22.5. The van der Waals surface area contributed by atoms with Gasteiger partial charge in [-0.05, 0) is 60.5 Å². The van der Waals surface area contributed by atoms with Crippen LogP contribution < -0.4 is 24.4 Å². The van der Waals surface area contributed by atoms with E-state index < -0.39 is 33.9 Å². The van der Waals surface area contributed by atoms with Crippen molar-refractivity contribution in [2.45, 2.75) is 19.9 Å². The summed E-state index contributed by atoms with van der Waals surface area (Å²) in [6, 6.07) is 12.0. The smallest absolute Gasteiger partial charge is 0.338 e. The molecule has 0 saturated heterocycles. The molecule has 3 aromatic carbocycles. The predicted molar refractivity (Wildman–Crippen MR) is 152 cm³/mol. The molecule has 0 bridgehead atoms. The summed E-state index contributed by atoms with van der Waals surface area (Å²) in [7, 11) is 3.05. The van der Waals surface area contributed by atoms with Crippen molar-refractivity contribution < 1.29 is 29.0 Å². The lowest BCUT2D eigenvalue weighted by Gasteiger charge is -2.27. The van der Waals surface area contributed by atoms with E-state index in [1.54, 1.807) is 27.0 Å². The van der Waals surface area contributed by atoms with Crippen molar-refractivity contribution in [3.8, 4) is 17.2 Å². The maximum absolute atomic E-state index is 14.0. The molecule has 0 fully saturated rings. The van der Waals surface area contributed by atoms with Crippen LogP contribution in [-0.4, -0.2) is 41.4 Å². The first-order valence-electron chi connectivity index (χ1n) is 12.5. The fourth-order valence-electron chi connectivity index (χ4n) is 4.88. The number of carbonyl (C=O) groups excluding carboxylic acids is 1. The first-order chi connectivity index (χ1) is 19.7. The van der Waals surface area contributed by atoms with Gasteiger partial charge in [-0.1, -0.05) is 29.5 Å². The maximum atomic E-state index is 14.0. The number of phenolic OH excluding ortho intramolecular Hbond substituents is 1. The van der Waals surface area contributed by atoms with E-state index in [1.807, 2.05) is 24.3 Å². The molecule has 12 heteroatoms. The van der Waals surface area contributed by atoms with Crippen LogP contribution in [-0.2, 0) is 9.53 Å². The Morgan fingerprint density at radius 2 is 1.93 bits per heavy atom. The lowest BCUT2D eigenvalue weighted by atomic mass is 9.90. The van der Waals surface area contributed by atoms with Crippen LogP contribution in [0.15, 0.2) is 69.6 Å². The molecular weight excluding hydrogens is 550 g/mol. The quantitative estimate of drug-likeness (QED) is 0.200. The van der Waals surface area contributed by atoms with Gasteiger partial charge in [0.05, 0.1) is 41.6 Å². The van der Waals surface area contributed by atoms with E-state index in [9.17, 15) is 24.8 Å². The van der Waals surface area contributed by atoms with Gasteiger partial charge in [0.1, 0.15) is 17.5 Å². The Bertz CT molecular complexity index is 1930. The number of phenols is 1. The summed E-state index contributed by atoms with van der Waals surface area (Å²) in [5.41, 5.74) is 0.493. The third-order valence-corrected chi connectivity index (χ3v) is 7.72. The minimum absolute atomic E-state index is 0.118. The normalized spacial score (nSPS) is 14.9. The summed E-state index contributed by atoms with van der Waals surface area (Å²) in [5.74, 6) is -0.0892. The van der Waals surface area contributed by atoms with Gasteiger partial charge in [-0.15, -0.1) is 0 Å². The Morgan fingerprint density at radius 1 is 1.17 bits per heavy atom. The minimum atomic E-state index is -0.965. The van der Waals surface area contributed by atoms with Crippen molar-refractivity contribution in [1.29, 1.82) is 0 Å². The highest BCUT2D eigenvalue weighted by atomic mass is 32.1. The van der Waals surface area contributed by atoms with Crippen molar-refractivity contribution in [3.63, 3.8) is 0 Å². The van der Waals surface area contributed by atoms with Gasteiger partial charge in [0.15, 0.2) is 10.6 Å². The molecule has 4 aromatic rings. The first-order valence-corrected chi connectivity index (χ1v) is 13.3. The molecule has 1 N–H and O–H groups in total. The lowest BCUT2D eigenvalue weighted by Crippen LogP contribution is -2.40. The summed E-state index contributed by atoms with van der Waals surface area (Å²) in [6.45, 7) is 3.49. The van der Waals surface area contributed by atoms with Crippen LogP contribution in [0.3, 0.4) is 0 Å². The number of hydrogen-bond acceptors (Lipinski definition) is 10. The second-order valence-electron chi connectivity index (χ2n) is 9.08. The highest BCUT2D eigenvalue weighted by molar-refractivity contribution is 7.07. The van der Waals surface area contributed by atoms with Gasteiger partial charge in [-0.3, -0.25) is 19.5 Å². The second-order valence-corrected chi connectivity index (χ2v) is 10.1. The van der Waals surface area contributed by atoms with Gasteiger partial charge < -0.3 is 19.3 Å². The van der Waals surface area contributed by atoms with Crippen molar-refractivity contribution >= 4 is 39.8 Å². The molecule has 1 atom stereocenters. The number of nitro groups is 1. The third kappa shape index (κ3) is 4.82. The van der Waals surface area contributed by atoms with Crippen molar-refractivity contribution in [2.75, 3.05) is 20.8 Å². The van der Waals surface area contributed by atoms with E-state index in [0.717, 1.165) is 16.7 Å². The van der Waals surface area contributed by atoms with Crippen LogP contribution in [0, 0.1) is 10.1 Å². The lowest BCUT2D eigenvalue weighted by molar-refractivity contribution is -0.385. The topological polar surface area (TPSA) is 142 Å². The predicted octanol–water partition coefficient (Wildman–Crippen LogP) is 3.58. The van der Waals surface area contributed by atoms with Crippen molar-refractivity contribution in [3.05, 3.63) is 101 Å². The zero-order valence-corrected chi connectivity index (χ0v) is 23.4. The number of thiazole rings is 1. The average Bonchev–Trinajstić information content (AvgIpc) is 3.26. The molecule has 210 valence electrons. The van der Waals surface area contributed by atoms with E-state index >= 15 is 0 Å². The van der Waals surface area contributed by atoms with E-state index in [-0.39, 0.29) is 16.7 Å². The van der Waals surface area contributed by atoms with Crippen LogP contribution in [0.25, 0.3) is 16.8 Å². The first kappa shape index (κ1) is 27.6. The number of benzene rings is 3. The Labute approximate surface area is 237 Å². The highest BCUT2D eigenvalue weighted by Crippen LogP contribution is 2.41. The standard InChI is InChI=1S/C29H25N3O8S/c1-5-40-28(35)24-15(2)30-29-31(27(34)23(41-29)13-16-6-10-21(33)20(12-16)32(36)37)26(24)25-19-14-18(38-3)9-7-17(19)8-11-22(25)39-4/h6-14,26,33H,5H2,1-4H3/b23-13-. The molecule has 0 radical (unpaired) electrons. The van der Waals surface area contributed by atoms with Gasteiger partial charge in [-0.2, -0.15) is 0 Å². The fourth-order valence-corrected chi connectivity index (χ4v) is 5.93. The number of esters is 1. The molecule has 1 unspecified atom stereocenters.